The maximum absolute atomic E-state index is 12.9. The van der Waals surface area contributed by atoms with Crippen LogP contribution >= 0.6 is 35.0 Å². The summed E-state index contributed by atoms with van der Waals surface area (Å²) in [7, 11) is 0. The van der Waals surface area contributed by atoms with E-state index in [2.05, 4.69) is 15.5 Å². The van der Waals surface area contributed by atoms with Crippen molar-refractivity contribution in [3.05, 3.63) is 63.9 Å². The van der Waals surface area contributed by atoms with E-state index in [0.29, 0.717) is 33.3 Å². The minimum absolute atomic E-state index is 0.0220. The van der Waals surface area contributed by atoms with Gasteiger partial charge >= 0.3 is 6.18 Å². The maximum atomic E-state index is 12.9. The number of para-hydroxylation sites is 1. The molecule has 3 rings (SSSR count). The normalized spacial score (nSPS) is 11.4. The summed E-state index contributed by atoms with van der Waals surface area (Å²) < 4.78 is 45.7. The second-order valence-electron chi connectivity index (χ2n) is 6.39. The monoisotopic (exact) mass is 504 g/mol. The van der Waals surface area contributed by atoms with Gasteiger partial charge in [-0.2, -0.15) is 13.2 Å². The molecule has 1 amide bonds. The van der Waals surface area contributed by atoms with Crippen LogP contribution in [0.2, 0.25) is 10.0 Å². The lowest BCUT2D eigenvalue weighted by molar-refractivity contribution is -0.137. The molecular formula is C20H17Cl2F3N4O2S. The average molecular weight is 505 g/mol. The first-order valence-corrected chi connectivity index (χ1v) is 11.0. The number of rotatable bonds is 8. The SMILES string of the molecule is CCn1c(COc2cccc(C(F)(F)F)c2)nnc1SCC(=O)Nc1c(Cl)cccc1Cl. The Morgan fingerprint density at radius 3 is 2.50 bits per heavy atom. The van der Waals surface area contributed by atoms with Crippen LogP contribution in [-0.4, -0.2) is 26.4 Å². The Balaban J connectivity index is 1.62. The molecule has 0 fully saturated rings. The highest BCUT2D eigenvalue weighted by molar-refractivity contribution is 7.99. The number of nitrogens with zero attached hydrogens (tertiary/aromatic N) is 3. The van der Waals surface area contributed by atoms with Crippen molar-refractivity contribution in [2.75, 3.05) is 11.1 Å². The highest BCUT2D eigenvalue weighted by Crippen LogP contribution is 2.32. The number of benzene rings is 2. The lowest BCUT2D eigenvalue weighted by atomic mass is 10.2. The van der Waals surface area contributed by atoms with Crippen LogP contribution in [-0.2, 0) is 24.1 Å². The lowest BCUT2D eigenvalue weighted by Gasteiger charge is -2.11. The molecule has 170 valence electrons. The molecule has 12 heteroatoms. The minimum Gasteiger partial charge on any atom is -0.486 e. The summed E-state index contributed by atoms with van der Waals surface area (Å²) in [5, 5.41) is 11.9. The maximum Gasteiger partial charge on any atom is 0.416 e. The Hall–Kier alpha value is -2.43. The van der Waals surface area contributed by atoms with E-state index in [9.17, 15) is 18.0 Å². The molecule has 0 aliphatic heterocycles. The predicted octanol–water partition coefficient (Wildman–Crippen LogP) is 5.93. The third-order valence-electron chi connectivity index (χ3n) is 4.20. The Labute approximate surface area is 196 Å². The largest absolute Gasteiger partial charge is 0.486 e. The van der Waals surface area contributed by atoms with Gasteiger partial charge in [0.15, 0.2) is 11.0 Å². The van der Waals surface area contributed by atoms with Crippen molar-refractivity contribution in [1.29, 1.82) is 0 Å². The Kier molecular flexibility index (Phi) is 7.91. The standard InChI is InChI=1S/C20H17Cl2F3N4O2S/c1-2-29-16(10-31-13-6-3-5-12(9-13)20(23,24)25)27-28-19(29)32-11-17(30)26-18-14(21)7-4-8-15(18)22/h3-9H,2,10-11H2,1H3,(H,26,30). The molecule has 0 spiro atoms. The van der Waals surface area contributed by atoms with Crippen molar-refractivity contribution in [3.63, 3.8) is 0 Å². The summed E-state index contributed by atoms with van der Waals surface area (Å²) in [6.45, 7) is 2.25. The molecule has 0 aliphatic carbocycles. The number of aromatic nitrogens is 3. The van der Waals surface area contributed by atoms with Gasteiger partial charge in [-0.1, -0.05) is 47.1 Å². The van der Waals surface area contributed by atoms with E-state index in [1.54, 1.807) is 22.8 Å². The highest BCUT2D eigenvalue weighted by atomic mass is 35.5. The van der Waals surface area contributed by atoms with Crippen molar-refractivity contribution in [3.8, 4) is 5.75 Å². The third-order valence-corrected chi connectivity index (χ3v) is 5.80. The topological polar surface area (TPSA) is 69.0 Å². The predicted molar refractivity (Wildman–Crippen MR) is 117 cm³/mol. The lowest BCUT2D eigenvalue weighted by Crippen LogP contribution is -2.15. The van der Waals surface area contributed by atoms with Gasteiger partial charge in [0.2, 0.25) is 5.91 Å². The summed E-state index contributed by atoms with van der Waals surface area (Å²) in [5.74, 6) is 0.170. The van der Waals surface area contributed by atoms with Gasteiger partial charge in [-0.05, 0) is 37.3 Å². The number of alkyl halides is 3. The number of carbonyl (C=O) groups is 1. The molecule has 0 atom stereocenters. The number of halogens is 5. The van der Waals surface area contributed by atoms with E-state index in [0.717, 1.165) is 23.9 Å². The number of ether oxygens (including phenoxy) is 1. The van der Waals surface area contributed by atoms with Gasteiger partial charge in [0.1, 0.15) is 12.4 Å². The van der Waals surface area contributed by atoms with Crippen LogP contribution < -0.4 is 10.1 Å². The highest BCUT2D eigenvalue weighted by Gasteiger charge is 2.30. The van der Waals surface area contributed by atoms with Crippen molar-refractivity contribution < 1.29 is 22.7 Å². The van der Waals surface area contributed by atoms with E-state index in [4.69, 9.17) is 27.9 Å². The first-order valence-electron chi connectivity index (χ1n) is 9.27. The molecule has 0 unspecified atom stereocenters. The van der Waals surface area contributed by atoms with E-state index < -0.39 is 11.7 Å². The van der Waals surface area contributed by atoms with E-state index in [1.807, 2.05) is 6.92 Å². The molecule has 32 heavy (non-hydrogen) atoms. The van der Waals surface area contributed by atoms with Crippen LogP contribution in [0.4, 0.5) is 18.9 Å². The molecule has 2 aromatic carbocycles. The van der Waals surface area contributed by atoms with E-state index in [1.165, 1.54) is 12.1 Å². The fourth-order valence-corrected chi connectivity index (χ4v) is 4.00. The van der Waals surface area contributed by atoms with Crippen molar-refractivity contribution in [2.45, 2.75) is 31.4 Å². The van der Waals surface area contributed by atoms with Crippen molar-refractivity contribution >= 4 is 46.6 Å². The summed E-state index contributed by atoms with van der Waals surface area (Å²) >= 11 is 13.3. The number of hydrogen-bond donors (Lipinski definition) is 1. The van der Waals surface area contributed by atoms with Crippen molar-refractivity contribution in [1.82, 2.24) is 14.8 Å². The molecule has 6 nitrogen and oxygen atoms in total. The van der Waals surface area contributed by atoms with Crippen LogP contribution in [0.1, 0.15) is 18.3 Å². The second kappa shape index (κ2) is 10.5. The number of amides is 1. The van der Waals surface area contributed by atoms with E-state index >= 15 is 0 Å². The van der Waals surface area contributed by atoms with Crippen LogP contribution in [0, 0.1) is 0 Å². The molecule has 1 aromatic heterocycles. The number of nitrogens with one attached hydrogen (secondary N) is 1. The molecule has 0 saturated carbocycles. The molecular weight excluding hydrogens is 488 g/mol. The molecule has 0 bridgehead atoms. The number of carbonyl (C=O) groups excluding carboxylic acids is 1. The number of thioether (sulfide) groups is 1. The Morgan fingerprint density at radius 1 is 1.16 bits per heavy atom. The second-order valence-corrected chi connectivity index (χ2v) is 8.15. The van der Waals surface area contributed by atoms with Crippen LogP contribution in [0.15, 0.2) is 47.6 Å². The Bertz CT molecular complexity index is 1090. The van der Waals surface area contributed by atoms with Gasteiger partial charge < -0.3 is 14.6 Å². The molecule has 0 saturated heterocycles. The van der Waals surface area contributed by atoms with Gasteiger partial charge in [0.05, 0.1) is 27.0 Å². The van der Waals surface area contributed by atoms with Gasteiger partial charge in [-0.25, -0.2) is 0 Å². The molecule has 0 radical (unpaired) electrons. The third kappa shape index (κ3) is 6.08. The molecule has 0 aliphatic rings. The van der Waals surface area contributed by atoms with E-state index in [-0.39, 0.29) is 24.0 Å². The van der Waals surface area contributed by atoms with Gasteiger partial charge in [-0.3, -0.25) is 4.79 Å². The first-order chi connectivity index (χ1) is 15.2. The van der Waals surface area contributed by atoms with Crippen LogP contribution in [0.25, 0.3) is 0 Å². The van der Waals surface area contributed by atoms with Gasteiger partial charge in [0, 0.05) is 6.54 Å². The average Bonchev–Trinajstić information content (AvgIpc) is 3.15. The van der Waals surface area contributed by atoms with Crippen LogP contribution in [0.3, 0.4) is 0 Å². The van der Waals surface area contributed by atoms with Gasteiger partial charge in [-0.15, -0.1) is 10.2 Å². The first kappa shape index (κ1) is 24.2. The zero-order valence-electron chi connectivity index (χ0n) is 16.6. The quantitative estimate of drug-likeness (QED) is 0.384. The van der Waals surface area contributed by atoms with Crippen molar-refractivity contribution in [2.24, 2.45) is 0 Å². The fourth-order valence-electron chi connectivity index (χ4n) is 2.68. The summed E-state index contributed by atoms with van der Waals surface area (Å²) in [6.07, 6.45) is -4.46. The van der Waals surface area contributed by atoms with Gasteiger partial charge in [0.25, 0.3) is 0 Å². The van der Waals surface area contributed by atoms with Crippen LogP contribution in [0.5, 0.6) is 5.75 Å². The molecule has 1 N–H and O–H groups in total. The molecule has 1 heterocycles. The fraction of sp³-hybridized carbons (Fsp3) is 0.250. The summed E-state index contributed by atoms with van der Waals surface area (Å²) in [4.78, 5) is 12.3. The molecule has 3 aromatic rings. The zero-order chi connectivity index (χ0) is 23.3. The number of anilines is 1. The zero-order valence-corrected chi connectivity index (χ0v) is 18.9. The minimum atomic E-state index is -4.46. The Morgan fingerprint density at radius 2 is 1.84 bits per heavy atom. The summed E-state index contributed by atoms with van der Waals surface area (Å²) in [5.41, 5.74) is -0.471. The smallest absolute Gasteiger partial charge is 0.416 e. The number of hydrogen-bond acceptors (Lipinski definition) is 5. The summed E-state index contributed by atoms with van der Waals surface area (Å²) in [6, 6.07) is 9.49.